The SMILES string of the molecule is O=S(=O)(c1ccc(F)c(F)c1)N1CCC(c2ccsc2)CC1. The molecule has 0 saturated carbocycles. The van der Waals surface area contributed by atoms with Gasteiger partial charge < -0.3 is 0 Å². The highest BCUT2D eigenvalue weighted by Crippen LogP contribution is 2.31. The quantitative estimate of drug-likeness (QED) is 0.854. The molecule has 118 valence electrons. The molecule has 2 heterocycles. The lowest BCUT2D eigenvalue weighted by atomic mass is 9.92. The van der Waals surface area contributed by atoms with Gasteiger partial charge >= 0.3 is 0 Å². The third kappa shape index (κ3) is 2.93. The van der Waals surface area contributed by atoms with Gasteiger partial charge in [0.2, 0.25) is 10.0 Å². The molecule has 2 aromatic rings. The number of hydrogen-bond donors (Lipinski definition) is 0. The molecule has 3 rings (SSSR count). The fourth-order valence-electron chi connectivity index (χ4n) is 2.72. The molecule has 0 N–H and O–H groups in total. The van der Waals surface area contributed by atoms with E-state index in [2.05, 4.69) is 11.4 Å². The minimum Gasteiger partial charge on any atom is -0.207 e. The average Bonchev–Trinajstić information content (AvgIpc) is 3.04. The zero-order valence-corrected chi connectivity index (χ0v) is 13.3. The van der Waals surface area contributed by atoms with E-state index in [1.165, 1.54) is 9.87 Å². The molecule has 22 heavy (non-hydrogen) atoms. The van der Waals surface area contributed by atoms with Crippen molar-refractivity contribution in [3.05, 3.63) is 52.2 Å². The zero-order chi connectivity index (χ0) is 15.7. The Balaban J connectivity index is 1.75. The molecule has 7 heteroatoms. The van der Waals surface area contributed by atoms with Crippen LogP contribution in [0.1, 0.15) is 24.3 Å². The third-order valence-corrected chi connectivity index (χ3v) is 6.59. The molecule has 1 aromatic heterocycles. The van der Waals surface area contributed by atoms with E-state index in [4.69, 9.17) is 0 Å². The van der Waals surface area contributed by atoms with Gasteiger partial charge in [-0.25, -0.2) is 17.2 Å². The molecule has 1 aromatic carbocycles. The molecule has 1 fully saturated rings. The number of sulfonamides is 1. The topological polar surface area (TPSA) is 37.4 Å². The van der Waals surface area contributed by atoms with E-state index >= 15 is 0 Å². The molecule has 0 atom stereocenters. The summed E-state index contributed by atoms with van der Waals surface area (Å²) >= 11 is 1.63. The summed E-state index contributed by atoms with van der Waals surface area (Å²) in [5.74, 6) is -1.83. The summed E-state index contributed by atoms with van der Waals surface area (Å²) in [4.78, 5) is -0.194. The molecule has 0 aliphatic carbocycles. The van der Waals surface area contributed by atoms with Gasteiger partial charge in [0.15, 0.2) is 11.6 Å². The van der Waals surface area contributed by atoms with Crippen LogP contribution in [-0.2, 0) is 10.0 Å². The average molecular weight is 343 g/mol. The summed E-state index contributed by atoms with van der Waals surface area (Å²) in [6.07, 6.45) is 1.47. The zero-order valence-electron chi connectivity index (χ0n) is 11.7. The molecule has 3 nitrogen and oxygen atoms in total. The molecule has 0 radical (unpaired) electrons. The Kier molecular flexibility index (Phi) is 4.29. The van der Waals surface area contributed by atoms with Crippen molar-refractivity contribution in [2.24, 2.45) is 0 Å². The van der Waals surface area contributed by atoms with Crippen LogP contribution in [0.4, 0.5) is 8.78 Å². The van der Waals surface area contributed by atoms with Crippen LogP contribution in [-0.4, -0.2) is 25.8 Å². The predicted molar refractivity (Wildman–Crippen MR) is 81.4 cm³/mol. The van der Waals surface area contributed by atoms with Gasteiger partial charge in [0.25, 0.3) is 0 Å². The number of benzene rings is 1. The van der Waals surface area contributed by atoms with E-state index in [1.54, 1.807) is 11.3 Å². The summed E-state index contributed by atoms with van der Waals surface area (Å²) in [6, 6.07) is 4.77. The standard InChI is InChI=1S/C15H15F2NO2S2/c16-14-2-1-13(9-15(14)17)22(19,20)18-6-3-11(4-7-18)12-5-8-21-10-12/h1-2,5,8-11H,3-4,6-7H2. The van der Waals surface area contributed by atoms with Crippen LogP contribution < -0.4 is 0 Å². The molecule has 0 amide bonds. The lowest BCUT2D eigenvalue weighted by Crippen LogP contribution is -2.37. The molecular formula is C15H15F2NO2S2. The van der Waals surface area contributed by atoms with Crippen molar-refractivity contribution in [2.75, 3.05) is 13.1 Å². The van der Waals surface area contributed by atoms with E-state index in [9.17, 15) is 17.2 Å². The van der Waals surface area contributed by atoms with Gasteiger partial charge in [-0.15, -0.1) is 0 Å². The van der Waals surface area contributed by atoms with Crippen LogP contribution in [0, 0.1) is 11.6 Å². The summed E-state index contributed by atoms with van der Waals surface area (Å²) in [6.45, 7) is 0.781. The van der Waals surface area contributed by atoms with Gasteiger partial charge in [0.05, 0.1) is 4.90 Å². The van der Waals surface area contributed by atoms with Gasteiger partial charge in [-0.1, -0.05) is 0 Å². The summed E-state index contributed by atoms with van der Waals surface area (Å²) in [5.41, 5.74) is 1.25. The fourth-order valence-corrected chi connectivity index (χ4v) is 4.95. The van der Waals surface area contributed by atoms with Gasteiger partial charge in [-0.2, -0.15) is 15.6 Å². The van der Waals surface area contributed by atoms with Crippen LogP contribution in [0.5, 0.6) is 0 Å². The van der Waals surface area contributed by atoms with E-state index in [0.29, 0.717) is 19.0 Å². The van der Waals surface area contributed by atoms with Crippen molar-refractivity contribution in [3.8, 4) is 0 Å². The highest BCUT2D eigenvalue weighted by molar-refractivity contribution is 7.89. The van der Waals surface area contributed by atoms with Crippen LogP contribution in [0.3, 0.4) is 0 Å². The highest BCUT2D eigenvalue weighted by Gasteiger charge is 2.30. The second kappa shape index (κ2) is 6.06. The van der Waals surface area contributed by atoms with Crippen molar-refractivity contribution >= 4 is 21.4 Å². The van der Waals surface area contributed by atoms with Crippen LogP contribution in [0.15, 0.2) is 39.9 Å². The number of rotatable bonds is 3. The Hall–Kier alpha value is -1.31. The summed E-state index contributed by atoms with van der Waals surface area (Å²) in [7, 11) is -3.76. The number of hydrogen-bond acceptors (Lipinski definition) is 3. The van der Waals surface area contributed by atoms with Crippen molar-refractivity contribution in [1.29, 1.82) is 0 Å². The second-order valence-corrected chi connectivity index (χ2v) is 8.03. The van der Waals surface area contributed by atoms with Crippen molar-refractivity contribution in [2.45, 2.75) is 23.7 Å². The largest absolute Gasteiger partial charge is 0.243 e. The summed E-state index contributed by atoms with van der Waals surface area (Å²) < 4.78 is 52.5. The number of nitrogens with zero attached hydrogens (tertiary/aromatic N) is 1. The van der Waals surface area contributed by atoms with Crippen molar-refractivity contribution < 1.29 is 17.2 Å². The number of thiophene rings is 1. The van der Waals surface area contributed by atoms with E-state index in [1.807, 2.05) is 5.38 Å². The van der Waals surface area contributed by atoms with E-state index in [0.717, 1.165) is 31.0 Å². The Morgan fingerprint density at radius 2 is 1.82 bits per heavy atom. The number of piperidine rings is 1. The first-order chi connectivity index (χ1) is 10.5. The smallest absolute Gasteiger partial charge is 0.207 e. The minimum absolute atomic E-state index is 0.194. The number of halogens is 2. The Bertz CT molecular complexity index is 752. The lowest BCUT2D eigenvalue weighted by Gasteiger charge is -2.31. The Labute approximate surface area is 132 Å². The Morgan fingerprint density at radius 3 is 2.41 bits per heavy atom. The van der Waals surface area contributed by atoms with Crippen molar-refractivity contribution in [3.63, 3.8) is 0 Å². The maximum Gasteiger partial charge on any atom is 0.243 e. The predicted octanol–water partition coefficient (Wildman–Crippen LogP) is 3.59. The van der Waals surface area contributed by atoms with Crippen LogP contribution in [0.2, 0.25) is 0 Å². The normalized spacial score (nSPS) is 17.7. The van der Waals surface area contributed by atoms with Gasteiger partial charge in [-0.3, -0.25) is 0 Å². The molecule has 1 aliphatic heterocycles. The monoisotopic (exact) mass is 343 g/mol. The first-order valence-corrected chi connectivity index (χ1v) is 9.34. The maximum atomic E-state index is 13.3. The minimum atomic E-state index is -3.76. The molecule has 1 saturated heterocycles. The van der Waals surface area contributed by atoms with Gasteiger partial charge in [0, 0.05) is 13.1 Å². The maximum absolute atomic E-state index is 13.3. The molecule has 0 spiro atoms. The Morgan fingerprint density at radius 1 is 1.09 bits per heavy atom. The molecule has 1 aliphatic rings. The molecular weight excluding hydrogens is 328 g/mol. The fraction of sp³-hybridized carbons (Fsp3) is 0.333. The van der Waals surface area contributed by atoms with Crippen LogP contribution in [0.25, 0.3) is 0 Å². The van der Waals surface area contributed by atoms with Crippen molar-refractivity contribution in [1.82, 2.24) is 4.31 Å². The van der Waals surface area contributed by atoms with E-state index in [-0.39, 0.29) is 4.90 Å². The molecule has 0 unspecified atom stereocenters. The summed E-state index contributed by atoms with van der Waals surface area (Å²) in [5, 5.41) is 4.10. The first-order valence-electron chi connectivity index (χ1n) is 6.96. The first kappa shape index (κ1) is 15.6. The van der Waals surface area contributed by atoms with Gasteiger partial charge in [-0.05, 0) is 59.3 Å². The third-order valence-electron chi connectivity index (χ3n) is 4.00. The lowest BCUT2D eigenvalue weighted by molar-refractivity contribution is 0.319. The van der Waals surface area contributed by atoms with Gasteiger partial charge in [0.1, 0.15) is 0 Å². The van der Waals surface area contributed by atoms with Crippen LogP contribution >= 0.6 is 11.3 Å². The van der Waals surface area contributed by atoms with E-state index < -0.39 is 21.7 Å². The highest BCUT2D eigenvalue weighted by atomic mass is 32.2. The second-order valence-electron chi connectivity index (χ2n) is 5.31. The molecule has 0 bridgehead atoms.